The number of nitriles is 1. The van der Waals surface area contributed by atoms with Gasteiger partial charge in [0.25, 0.3) is 0 Å². The summed E-state index contributed by atoms with van der Waals surface area (Å²) in [6.07, 6.45) is 0.753. The molecule has 130 valence electrons. The number of nitrogens with zero attached hydrogens (tertiary/aromatic N) is 3. The molecule has 1 heterocycles. The minimum absolute atomic E-state index is 0.235. The molecule has 2 aromatic carbocycles. The number of nitrogens with one attached hydrogen (secondary N) is 2. The number of rotatable bonds is 6. The van der Waals surface area contributed by atoms with Crippen LogP contribution in [-0.4, -0.2) is 16.5 Å². The fraction of sp³-hybridized carbons (Fsp3) is 0.150. The molecule has 1 aromatic heterocycles. The number of hydrogen-bond donors (Lipinski definition) is 2. The summed E-state index contributed by atoms with van der Waals surface area (Å²) in [5.74, 6) is 1.69. The number of aromatic nitrogens is 2. The maximum absolute atomic E-state index is 12.9. The monoisotopic (exact) mass is 347 g/mol. The first kappa shape index (κ1) is 17.4. The first-order valence-electron chi connectivity index (χ1n) is 8.24. The number of benzene rings is 2. The van der Waals surface area contributed by atoms with Crippen molar-refractivity contribution in [3.63, 3.8) is 0 Å². The fourth-order valence-electron chi connectivity index (χ4n) is 2.54. The molecule has 3 aromatic rings. The van der Waals surface area contributed by atoms with Crippen molar-refractivity contribution in [2.75, 3.05) is 17.2 Å². The molecule has 0 aliphatic rings. The summed E-state index contributed by atoms with van der Waals surface area (Å²) in [7, 11) is 0. The molecule has 3 rings (SSSR count). The van der Waals surface area contributed by atoms with Crippen LogP contribution >= 0.6 is 0 Å². The average molecular weight is 347 g/mol. The van der Waals surface area contributed by atoms with E-state index in [1.807, 2.05) is 25.1 Å². The lowest BCUT2D eigenvalue weighted by Crippen LogP contribution is -2.08. The van der Waals surface area contributed by atoms with Gasteiger partial charge in [-0.05, 0) is 43.2 Å². The first-order chi connectivity index (χ1) is 12.6. The Balaban J connectivity index is 1.67. The minimum Gasteiger partial charge on any atom is -0.370 e. The maximum Gasteiger partial charge on any atom is 0.136 e. The second-order valence-electron chi connectivity index (χ2n) is 5.77. The molecule has 0 fully saturated rings. The summed E-state index contributed by atoms with van der Waals surface area (Å²) in [4.78, 5) is 8.74. The van der Waals surface area contributed by atoms with E-state index in [-0.39, 0.29) is 5.82 Å². The summed E-state index contributed by atoms with van der Waals surface area (Å²) >= 11 is 0. The van der Waals surface area contributed by atoms with Crippen LogP contribution in [-0.2, 0) is 6.42 Å². The molecule has 0 unspecified atom stereocenters. The Morgan fingerprint density at radius 2 is 1.77 bits per heavy atom. The van der Waals surface area contributed by atoms with Crippen LogP contribution in [0.2, 0.25) is 0 Å². The van der Waals surface area contributed by atoms with E-state index in [1.165, 1.54) is 12.1 Å². The third kappa shape index (κ3) is 4.54. The minimum atomic E-state index is -0.235. The number of aryl methyl sites for hydroxylation is 1. The van der Waals surface area contributed by atoms with E-state index < -0.39 is 0 Å². The molecular formula is C20H18FN5. The Kier molecular flexibility index (Phi) is 5.40. The largest absolute Gasteiger partial charge is 0.370 e. The van der Waals surface area contributed by atoms with E-state index in [2.05, 4.69) is 26.7 Å². The topological polar surface area (TPSA) is 73.6 Å². The number of hydrogen-bond acceptors (Lipinski definition) is 5. The number of halogens is 1. The van der Waals surface area contributed by atoms with Gasteiger partial charge in [0.1, 0.15) is 29.3 Å². The van der Waals surface area contributed by atoms with Crippen LogP contribution < -0.4 is 10.6 Å². The van der Waals surface area contributed by atoms with E-state index in [1.54, 1.807) is 24.3 Å². The highest BCUT2D eigenvalue weighted by molar-refractivity contribution is 5.65. The van der Waals surface area contributed by atoms with Crippen molar-refractivity contribution in [2.45, 2.75) is 13.3 Å². The van der Waals surface area contributed by atoms with E-state index in [0.29, 0.717) is 35.3 Å². The molecule has 0 aliphatic heterocycles. The molecule has 26 heavy (non-hydrogen) atoms. The summed E-state index contributed by atoms with van der Waals surface area (Å²) in [6.45, 7) is 2.48. The number of anilines is 3. The van der Waals surface area contributed by atoms with Crippen molar-refractivity contribution >= 4 is 17.3 Å². The third-order valence-electron chi connectivity index (χ3n) is 3.78. The molecule has 0 saturated carbocycles. The standard InChI is InChI=1S/C20H18FN5/c1-14-24-19(23-11-10-15-6-8-17(21)9-7-15)12-20(25-14)26-18-5-3-2-4-16(18)13-22/h2-9,12H,10-11H2,1H3,(H2,23,24,25,26). The van der Waals surface area contributed by atoms with Crippen molar-refractivity contribution in [3.8, 4) is 6.07 Å². The van der Waals surface area contributed by atoms with Gasteiger partial charge in [-0.1, -0.05) is 24.3 Å². The van der Waals surface area contributed by atoms with E-state index in [4.69, 9.17) is 0 Å². The van der Waals surface area contributed by atoms with Gasteiger partial charge in [0.05, 0.1) is 11.3 Å². The molecule has 0 saturated heterocycles. The maximum atomic E-state index is 12.9. The van der Waals surface area contributed by atoms with Gasteiger partial charge in [0, 0.05) is 12.6 Å². The lowest BCUT2D eigenvalue weighted by atomic mass is 10.1. The van der Waals surface area contributed by atoms with Crippen molar-refractivity contribution in [1.29, 1.82) is 5.26 Å². The van der Waals surface area contributed by atoms with Crippen molar-refractivity contribution in [1.82, 2.24) is 9.97 Å². The Morgan fingerprint density at radius 3 is 2.54 bits per heavy atom. The smallest absolute Gasteiger partial charge is 0.136 e. The molecule has 0 spiro atoms. The van der Waals surface area contributed by atoms with E-state index >= 15 is 0 Å². The molecule has 0 atom stereocenters. The molecule has 0 radical (unpaired) electrons. The average Bonchev–Trinajstić information content (AvgIpc) is 2.63. The quantitative estimate of drug-likeness (QED) is 0.699. The molecule has 0 amide bonds. The van der Waals surface area contributed by atoms with Gasteiger partial charge in [-0.25, -0.2) is 14.4 Å². The SMILES string of the molecule is Cc1nc(NCCc2ccc(F)cc2)cc(Nc2ccccc2C#N)n1. The van der Waals surface area contributed by atoms with Crippen molar-refractivity contribution in [2.24, 2.45) is 0 Å². The van der Waals surface area contributed by atoms with Crippen molar-refractivity contribution in [3.05, 3.63) is 77.4 Å². The Bertz CT molecular complexity index is 932. The lowest BCUT2D eigenvalue weighted by molar-refractivity contribution is 0.627. The zero-order chi connectivity index (χ0) is 18.4. The van der Waals surface area contributed by atoms with Gasteiger partial charge in [0.2, 0.25) is 0 Å². The van der Waals surface area contributed by atoms with E-state index in [9.17, 15) is 9.65 Å². The normalized spacial score (nSPS) is 10.2. The van der Waals surface area contributed by atoms with Crippen LogP contribution in [0.1, 0.15) is 17.0 Å². The van der Waals surface area contributed by atoms with Gasteiger partial charge < -0.3 is 10.6 Å². The third-order valence-corrected chi connectivity index (χ3v) is 3.78. The summed E-state index contributed by atoms with van der Waals surface area (Å²) in [5.41, 5.74) is 2.30. The summed E-state index contributed by atoms with van der Waals surface area (Å²) in [5, 5.41) is 15.6. The van der Waals surface area contributed by atoms with Crippen LogP contribution in [0, 0.1) is 24.1 Å². The fourth-order valence-corrected chi connectivity index (χ4v) is 2.54. The molecule has 6 heteroatoms. The highest BCUT2D eigenvalue weighted by Crippen LogP contribution is 2.20. The van der Waals surface area contributed by atoms with Crippen LogP contribution in [0.4, 0.5) is 21.7 Å². The Hall–Kier alpha value is -3.46. The number of para-hydroxylation sites is 1. The van der Waals surface area contributed by atoms with Crippen LogP contribution in [0.25, 0.3) is 0 Å². The second-order valence-corrected chi connectivity index (χ2v) is 5.77. The van der Waals surface area contributed by atoms with Gasteiger partial charge >= 0.3 is 0 Å². The molecule has 2 N–H and O–H groups in total. The van der Waals surface area contributed by atoms with Gasteiger partial charge in [-0.3, -0.25) is 0 Å². The highest BCUT2D eigenvalue weighted by atomic mass is 19.1. The van der Waals surface area contributed by atoms with Crippen LogP contribution in [0.5, 0.6) is 0 Å². The predicted molar refractivity (Wildman–Crippen MR) is 99.8 cm³/mol. The molecule has 5 nitrogen and oxygen atoms in total. The highest BCUT2D eigenvalue weighted by Gasteiger charge is 2.05. The Morgan fingerprint density at radius 1 is 1.04 bits per heavy atom. The molecular weight excluding hydrogens is 329 g/mol. The zero-order valence-corrected chi connectivity index (χ0v) is 14.3. The van der Waals surface area contributed by atoms with Crippen LogP contribution in [0.3, 0.4) is 0 Å². The summed E-state index contributed by atoms with van der Waals surface area (Å²) in [6, 6.07) is 17.7. The van der Waals surface area contributed by atoms with Crippen molar-refractivity contribution < 1.29 is 4.39 Å². The van der Waals surface area contributed by atoms with Gasteiger partial charge in [-0.2, -0.15) is 5.26 Å². The zero-order valence-electron chi connectivity index (χ0n) is 14.3. The van der Waals surface area contributed by atoms with E-state index in [0.717, 1.165) is 12.0 Å². The second kappa shape index (κ2) is 8.08. The Labute approximate surface area is 151 Å². The lowest BCUT2D eigenvalue weighted by Gasteiger charge is -2.11. The van der Waals surface area contributed by atoms with Crippen LogP contribution in [0.15, 0.2) is 54.6 Å². The first-order valence-corrected chi connectivity index (χ1v) is 8.24. The molecule has 0 bridgehead atoms. The molecule has 0 aliphatic carbocycles. The van der Waals surface area contributed by atoms with Gasteiger partial charge in [0.15, 0.2) is 0 Å². The predicted octanol–water partition coefficient (Wildman–Crippen LogP) is 4.19. The summed E-state index contributed by atoms with van der Waals surface area (Å²) < 4.78 is 12.9. The van der Waals surface area contributed by atoms with Gasteiger partial charge in [-0.15, -0.1) is 0 Å².